The van der Waals surface area contributed by atoms with Crippen molar-refractivity contribution in [2.24, 2.45) is 0 Å². The molecule has 0 radical (unpaired) electrons. The Morgan fingerprint density at radius 1 is 0.800 bits per heavy atom. The quantitative estimate of drug-likeness (QED) is 0.404. The molecule has 30 heavy (non-hydrogen) atoms. The first kappa shape index (κ1) is 21.4. The number of anilines is 1. The number of hydrogen-bond acceptors (Lipinski definition) is 3. The molecule has 4 nitrogen and oxygen atoms in total. The molecule has 0 aliphatic carbocycles. The van der Waals surface area contributed by atoms with Gasteiger partial charge in [0.05, 0.1) is 5.56 Å². The molecule has 0 spiro atoms. The molecule has 3 aromatic rings. The second kappa shape index (κ2) is 9.00. The zero-order chi connectivity index (χ0) is 21.7. The van der Waals surface area contributed by atoms with Gasteiger partial charge in [-0.1, -0.05) is 54.1 Å². The monoisotopic (exact) mass is 432 g/mol. The van der Waals surface area contributed by atoms with Crippen LogP contribution in [0.3, 0.4) is 0 Å². The van der Waals surface area contributed by atoms with Gasteiger partial charge in [0.1, 0.15) is 0 Å². The molecule has 154 valence electrons. The van der Waals surface area contributed by atoms with Crippen molar-refractivity contribution in [2.75, 3.05) is 5.32 Å². The Balaban J connectivity index is 1.93. The van der Waals surface area contributed by atoms with Gasteiger partial charge >= 0.3 is 6.18 Å². The number of benzene rings is 3. The lowest BCUT2D eigenvalue weighted by Crippen LogP contribution is -2.46. The van der Waals surface area contributed by atoms with Crippen LogP contribution in [0.4, 0.5) is 18.9 Å². The predicted octanol–water partition coefficient (Wildman–Crippen LogP) is 5.41. The van der Waals surface area contributed by atoms with Gasteiger partial charge in [0, 0.05) is 21.8 Å². The number of ketones is 1. The lowest BCUT2D eigenvalue weighted by atomic mass is 10.1. The number of hydrogen-bond donors (Lipinski definition) is 2. The topological polar surface area (TPSA) is 58.2 Å². The van der Waals surface area contributed by atoms with Crippen LogP contribution in [0.15, 0.2) is 78.9 Å². The molecule has 0 aliphatic rings. The van der Waals surface area contributed by atoms with Crippen LogP contribution >= 0.6 is 11.6 Å². The average Bonchev–Trinajstić information content (AvgIpc) is 2.73. The summed E-state index contributed by atoms with van der Waals surface area (Å²) in [5, 5.41) is 5.42. The minimum absolute atomic E-state index is 0.205. The third-order valence-electron chi connectivity index (χ3n) is 4.23. The molecule has 2 N–H and O–H groups in total. The molecular formula is C22H16ClF3N2O2. The highest BCUT2D eigenvalue weighted by Gasteiger charge is 2.34. The molecule has 1 amide bonds. The smallest absolute Gasteiger partial charge is 0.358 e. The lowest BCUT2D eigenvalue weighted by Gasteiger charge is -2.23. The van der Waals surface area contributed by atoms with Crippen LogP contribution in [0.2, 0.25) is 5.02 Å². The van der Waals surface area contributed by atoms with Crippen LogP contribution in [0.1, 0.15) is 26.3 Å². The molecule has 0 saturated heterocycles. The number of amides is 1. The van der Waals surface area contributed by atoms with E-state index in [9.17, 15) is 22.8 Å². The summed E-state index contributed by atoms with van der Waals surface area (Å²) in [5.74, 6) is -1.23. The van der Waals surface area contributed by atoms with Gasteiger partial charge in [0.2, 0.25) is 5.78 Å². The molecule has 0 fully saturated rings. The minimum Gasteiger partial charge on any atom is -0.358 e. The fraction of sp³-hybridized carbons (Fsp3) is 0.0909. The van der Waals surface area contributed by atoms with Gasteiger partial charge in [0.15, 0.2) is 6.17 Å². The Bertz CT molecular complexity index is 1040. The summed E-state index contributed by atoms with van der Waals surface area (Å²) in [6.07, 6.45) is -6.07. The van der Waals surface area contributed by atoms with E-state index >= 15 is 0 Å². The number of alkyl halides is 3. The Labute approximate surface area is 175 Å². The van der Waals surface area contributed by atoms with E-state index in [4.69, 9.17) is 11.6 Å². The van der Waals surface area contributed by atoms with Crippen molar-refractivity contribution in [3.8, 4) is 0 Å². The van der Waals surface area contributed by atoms with Crippen LogP contribution in [0, 0.1) is 0 Å². The van der Waals surface area contributed by atoms with Crippen LogP contribution < -0.4 is 10.6 Å². The van der Waals surface area contributed by atoms with Gasteiger partial charge in [0.25, 0.3) is 5.91 Å². The first-order valence-corrected chi connectivity index (χ1v) is 9.22. The van der Waals surface area contributed by atoms with Crippen molar-refractivity contribution in [2.45, 2.75) is 12.3 Å². The highest BCUT2D eigenvalue weighted by molar-refractivity contribution is 6.30. The molecule has 3 rings (SSSR count). The molecule has 0 aromatic heterocycles. The summed E-state index contributed by atoms with van der Waals surface area (Å²) >= 11 is 5.82. The van der Waals surface area contributed by atoms with Crippen molar-refractivity contribution < 1.29 is 22.8 Å². The molecule has 0 unspecified atom stereocenters. The number of Topliss-reactive ketones (excluding diaryl/α,β-unsaturated/α-hetero) is 1. The SMILES string of the molecule is O=C(N[C@@H](Nc1ccccc1C(F)(F)F)C(=O)c1ccccc1)c1ccc(Cl)cc1. The van der Waals surface area contributed by atoms with Gasteiger partial charge in [-0.25, -0.2) is 0 Å². The predicted molar refractivity (Wildman–Crippen MR) is 109 cm³/mol. The molecule has 3 aromatic carbocycles. The average molecular weight is 433 g/mol. The maximum atomic E-state index is 13.4. The van der Waals surface area contributed by atoms with E-state index in [1.54, 1.807) is 18.2 Å². The molecule has 0 bridgehead atoms. The van der Waals surface area contributed by atoms with Crippen LogP contribution in [-0.2, 0) is 6.18 Å². The van der Waals surface area contributed by atoms with Crippen LogP contribution in [0.5, 0.6) is 0 Å². The van der Waals surface area contributed by atoms with E-state index in [-0.39, 0.29) is 16.8 Å². The highest BCUT2D eigenvalue weighted by Crippen LogP contribution is 2.34. The molecule has 8 heteroatoms. The fourth-order valence-electron chi connectivity index (χ4n) is 2.76. The van der Waals surface area contributed by atoms with Crippen LogP contribution in [0.25, 0.3) is 0 Å². The third kappa shape index (κ3) is 5.18. The minimum atomic E-state index is -4.63. The zero-order valence-electron chi connectivity index (χ0n) is 15.4. The summed E-state index contributed by atoms with van der Waals surface area (Å²) in [6, 6.07) is 18.6. The number of carbonyl (C=O) groups excluding carboxylic acids is 2. The maximum Gasteiger partial charge on any atom is 0.418 e. The number of rotatable bonds is 6. The summed E-state index contributed by atoms with van der Waals surface area (Å²) < 4.78 is 40.1. The fourth-order valence-corrected chi connectivity index (χ4v) is 2.89. The van der Waals surface area contributed by atoms with Gasteiger partial charge in [-0.05, 0) is 36.4 Å². The number of para-hydroxylation sites is 1. The van der Waals surface area contributed by atoms with E-state index in [0.29, 0.717) is 5.02 Å². The standard InChI is InChI=1S/C22H16ClF3N2O2/c23-16-12-10-15(11-13-16)21(30)28-20(19(29)14-6-2-1-3-7-14)27-18-9-5-4-8-17(18)22(24,25)26/h1-13,20,27H,(H,28,30)/t20-/m1/s1. The van der Waals surface area contributed by atoms with Crippen LogP contribution in [-0.4, -0.2) is 17.9 Å². The van der Waals surface area contributed by atoms with Crippen molar-refractivity contribution in [1.82, 2.24) is 5.32 Å². The molecule has 0 saturated carbocycles. The summed E-state index contributed by atoms with van der Waals surface area (Å²) in [4.78, 5) is 25.6. The van der Waals surface area contributed by atoms with Crippen molar-refractivity contribution >= 4 is 29.0 Å². The Kier molecular flexibility index (Phi) is 6.42. The van der Waals surface area contributed by atoms with E-state index < -0.39 is 29.6 Å². The maximum absolute atomic E-state index is 13.4. The zero-order valence-corrected chi connectivity index (χ0v) is 16.2. The number of halogens is 4. The molecule has 0 aliphatic heterocycles. The third-order valence-corrected chi connectivity index (χ3v) is 4.49. The first-order valence-electron chi connectivity index (χ1n) is 8.84. The normalized spacial score (nSPS) is 12.1. The summed E-state index contributed by atoms with van der Waals surface area (Å²) in [7, 11) is 0. The van der Waals surface area contributed by atoms with E-state index in [0.717, 1.165) is 6.07 Å². The first-order chi connectivity index (χ1) is 14.3. The van der Waals surface area contributed by atoms with Gasteiger partial charge in [-0.15, -0.1) is 0 Å². The molecule has 1 atom stereocenters. The Morgan fingerprint density at radius 2 is 1.40 bits per heavy atom. The Hall–Kier alpha value is -3.32. The van der Waals surface area contributed by atoms with Crippen molar-refractivity contribution in [3.63, 3.8) is 0 Å². The number of carbonyl (C=O) groups is 2. The van der Waals surface area contributed by atoms with Gasteiger partial charge in [-0.3, -0.25) is 9.59 Å². The van der Waals surface area contributed by atoms with Gasteiger partial charge < -0.3 is 10.6 Å². The van der Waals surface area contributed by atoms with E-state index in [1.165, 1.54) is 54.6 Å². The number of nitrogens with one attached hydrogen (secondary N) is 2. The van der Waals surface area contributed by atoms with Crippen molar-refractivity contribution in [3.05, 3.63) is 101 Å². The summed E-state index contributed by atoms with van der Waals surface area (Å²) in [6.45, 7) is 0. The summed E-state index contributed by atoms with van der Waals surface area (Å²) in [5.41, 5.74) is -0.834. The highest BCUT2D eigenvalue weighted by atomic mass is 35.5. The molecular weight excluding hydrogens is 417 g/mol. The van der Waals surface area contributed by atoms with E-state index in [1.807, 2.05) is 0 Å². The second-order valence-corrected chi connectivity index (χ2v) is 6.77. The second-order valence-electron chi connectivity index (χ2n) is 6.33. The lowest BCUT2D eigenvalue weighted by molar-refractivity contribution is -0.137. The molecule has 0 heterocycles. The van der Waals surface area contributed by atoms with Gasteiger partial charge in [-0.2, -0.15) is 13.2 Å². The Morgan fingerprint density at radius 3 is 2.03 bits per heavy atom. The van der Waals surface area contributed by atoms with E-state index in [2.05, 4.69) is 10.6 Å². The largest absolute Gasteiger partial charge is 0.418 e. The van der Waals surface area contributed by atoms with Crippen molar-refractivity contribution in [1.29, 1.82) is 0 Å².